The van der Waals surface area contributed by atoms with Crippen LogP contribution in [0.5, 0.6) is 5.75 Å². The van der Waals surface area contributed by atoms with Gasteiger partial charge in [0.25, 0.3) is 0 Å². The number of morpholine rings is 1. The highest BCUT2D eigenvalue weighted by molar-refractivity contribution is 5.37. The van der Waals surface area contributed by atoms with Gasteiger partial charge in [-0.25, -0.2) is 0 Å². The van der Waals surface area contributed by atoms with E-state index in [1.54, 1.807) is 12.0 Å². The van der Waals surface area contributed by atoms with E-state index in [0.29, 0.717) is 6.04 Å². The fourth-order valence-corrected chi connectivity index (χ4v) is 3.13. The summed E-state index contributed by atoms with van der Waals surface area (Å²) in [4.78, 5) is 1.67. The van der Waals surface area contributed by atoms with E-state index < -0.39 is 0 Å². The number of methoxy groups -OCH3 is 1. The summed E-state index contributed by atoms with van der Waals surface area (Å²) in [6, 6.07) is 7.16. The van der Waals surface area contributed by atoms with Gasteiger partial charge in [0.15, 0.2) is 6.04 Å². The van der Waals surface area contributed by atoms with Crippen LogP contribution in [0, 0.1) is 0 Å². The molecule has 3 rings (SSSR count). The number of benzene rings is 1. The molecule has 0 aliphatic carbocycles. The summed E-state index contributed by atoms with van der Waals surface area (Å²) in [6.45, 7) is 6.32. The van der Waals surface area contributed by atoms with Crippen LogP contribution in [-0.2, 0) is 11.3 Å². The maximum absolute atomic E-state index is 5.46. The summed E-state index contributed by atoms with van der Waals surface area (Å²) in [6.07, 6.45) is 0. The van der Waals surface area contributed by atoms with Crippen LogP contribution in [0.4, 0.5) is 0 Å². The lowest BCUT2D eigenvalue weighted by Gasteiger charge is -2.33. The molecular weight excluding hydrogens is 228 g/mol. The predicted molar refractivity (Wildman–Crippen MR) is 67.7 cm³/mol. The molecule has 1 atom stereocenters. The summed E-state index contributed by atoms with van der Waals surface area (Å²) in [7, 11) is 1.74. The number of rotatable bonds is 2. The van der Waals surface area contributed by atoms with Crippen molar-refractivity contribution in [3.05, 3.63) is 29.3 Å². The van der Waals surface area contributed by atoms with Crippen molar-refractivity contribution in [1.82, 2.24) is 0 Å². The summed E-state index contributed by atoms with van der Waals surface area (Å²) >= 11 is 0. The second-order valence-corrected chi connectivity index (χ2v) is 5.12. The minimum atomic E-state index is 0.614. The van der Waals surface area contributed by atoms with Gasteiger partial charge in [-0.1, -0.05) is 0 Å². The SMILES string of the molecule is COc1ccc2c(c1)C[NH2+]C[C@H]2[NH+]1CCOCC1. The average molecular weight is 250 g/mol. The molecule has 2 aliphatic heterocycles. The molecule has 98 valence electrons. The molecule has 4 heteroatoms. The van der Waals surface area contributed by atoms with Gasteiger partial charge < -0.3 is 19.7 Å². The van der Waals surface area contributed by atoms with E-state index in [0.717, 1.165) is 38.6 Å². The van der Waals surface area contributed by atoms with Crippen molar-refractivity contribution < 1.29 is 19.7 Å². The van der Waals surface area contributed by atoms with Crippen molar-refractivity contribution in [3.63, 3.8) is 0 Å². The summed E-state index contributed by atoms with van der Waals surface area (Å²) in [5.41, 5.74) is 2.94. The van der Waals surface area contributed by atoms with Gasteiger partial charge in [0.05, 0.1) is 20.3 Å². The van der Waals surface area contributed by atoms with Crippen molar-refractivity contribution in [2.45, 2.75) is 12.6 Å². The van der Waals surface area contributed by atoms with Crippen molar-refractivity contribution >= 4 is 0 Å². The maximum Gasteiger partial charge on any atom is 0.163 e. The van der Waals surface area contributed by atoms with Crippen molar-refractivity contribution in [2.24, 2.45) is 0 Å². The zero-order valence-electron chi connectivity index (χ0n) is 10.9. The van der Waals surface area contributed by atoms with Gasteiger partial charge in [0.2, 0.25) is 0 Å². The largest absolute Gasteiger partial charge is 0.497 e. The van der Waals surface area contributed by atoms with Crippen molar-refractivity contribution in [2.75, 3.05) is 40.0 Å². The Balaban J connectivity index is 1.86. The summed E-state index contributed by atoms with van der Waals surface area (Å²) in [5, 5.41) is 2.41. The highest BCUT2D eigenvalue weighted by atomic mass is 16.5. The molecule has 1 saturated heterocycles. The van der Waals surface area contributed by atoms with Gasteiger partial charge in [-0.2, -0.15) is 0 Å². The zero-order chi connectivity index (χ0) is 12.4. The van der Waals surface area contributed by atoms with Crippen LogP contribution < -0.4 is 15.0 Å². The topological polar surface area (TPSA) is 39.5 Å². The monoisotopic (exact) mass is 250 g/mol. The molecule has 1 aromatic rings. The molecule has 4 nitrogen and oxygen atoms in total. The zero-order valence-corrected chi connectivity index (χ0v) is 10.9. The van der Waals surface area contributed by atoms with E-state index in [1.807, 2.05) is 0 Å². The Labute approximate surface area is 108 Å². The first-order valence-electron chi connectivity index (χ1n) is 6.79. The number of nitrogens with two attached hydrogens (primary N) is 1. The second-order valence-electron chi connectivity index (χ2n) is 5.12. The normalized spacial score (nSPS) is 24.6. The van der Waals surface area contributed by atoms with E-state index in [4.69, 9.17) is 9.47 Å². The number of nitrogens with one attached hydrogen (secondary N) is 1. The Morgan fingerprint density at radius 3 is 2.94 bits per heavy atom. The van der Waals surface area contributed by atoms with E-state index >= 15 is 0 Å². The van der Waals surface area contributed by atoms with Crippen molar-refractivity contribution in [3.8, 4) is 5.75 Å². The summed E-state index contributed by atoms with van der Waals surface area (Å²) < 4.78 is 10.8. The third-order valence-electron chi connectivity index (χ3n) is 4.12. The van der Waals surface area contributed by atoms with E-state index in [2.05, 4.69) is 23.5 Å². The highest BCUT2D eigenvalue weighted by Crippen LogP contribution is 2.22. The highest BCUT2D eigenvalue weighted by Gasteiger charge is 2.32. The molecule has 0 saturated carbocycles. The Kier molecular flexibility index (Phi) is 3.50. The van der Waals surface area contributed by atoms with Crippen LogP contribution in [0.3, 0.4) is 0 Å². The Morgan fingerprint density at radius 1 is 1.33 bits per heavy atom. The lowest BCUT2D eigenvalue weighted by molar-refractivity contribution is -0.954. The Bertz CT molecular complexity index is 416. The number of hydrogen-bond donors (Lipinski definition) is 2. The molecule has 2 heterocycles. The molecule has 0 unspecified atom stereocenters. The van der Waals surface area contributed by atoms with Crippen molar-refractivity contribution in [1.29, 1.82) is 0 Å². The molecule has 18 heavy (non-hydrogen) atoms. The number of quaternary nitrogens is 2. The Hall–Kier alpha value is -1.10. The smallest absolute Gasteiger partial charge is 0.163 e. The first-order valence-corrected chi connectivity index (χ1v) is 6.79. The Morgan fingerprint density at radius 2 is 2.17 bits per heavy atom. The van der Waals surface area contributed by atoms with Gasteiger partial charge in [-0.15, -0.1) is 0 Å². The molecule has 0 spiro atoms. The third kappa shape index (κ3) is 2.23. The third-order valence-corrected chi connectivity index (χ3v) is 4.12. The van der Waals surface area contributed by atoms with Gasteiger partial charge in [-0.3, -0.25) is 0 Å². The molecular formula is C14H22N2O2+2. The first kappa shape index (κ1) is 12.0. The number of ether oxygens (including phenoxy) is 2. The number of fused-ring (bicyclic) bond motifs is 1. The van der Waals surface area contributed by atoms with Crippen LogP contribution in [0.25, 0.3) is 0 Å². The van der Waals surface area contributed by atoms with E-state index in [1.165, 1.54) is 17.7 Å². The maximum atomic E-state index is 5.46. The lowest BCUT2D eigenvalue weighted by Crippen LogP contribution is -3.17. The van der Waals surface area contributed by atoms with E-state index in [-0.39, 0.29) is 0 Å². The van der Waals surface area contributed by atoms with Gasteiger partial charge in [0, 0.05) is 11.1 Å². The van der Waals surface area contributed by atoms with Crippen LogP contribution >= 0.6 is 0 Å². The standard InChI is InChI=1S/C14H20N2O2/c1-17-12-2-3-13-11(8-12)9-15-10-14(13)16-4-6-18-7-5-16/h2-3,8,14-15H,4-7,9-10H2,1H3/p+2/t14-/m1/s1. The van der Waals surface area contributed by atoms with Gasteiger partial charge in [0.1, 0.15) is 31.9 Å². The van der Waals surface area contributed by atoms with E-state index in [9.17, 15) is 0 Å². The van der Waals surface area contributed by atoms with Crippen LogP contribution in [0.15, 0.2) is 18.2 Å². The minimum absolute atomic E-state index is 0.614. The fourth-order valence-electron chi connectivity index (χ4n) is 3.13. The molecule has 0 amide bonds. The number of hydrogen-bond acceptors (Lipinski definition) is 2. The predicted octanol–water partition coefficient (Wildman–Crippen LogP) is -1.27. The molecule has 2 aliphatic rings. The fraction of sp³-hybridized carbons (Fsp3) is 0.571. The average Bonchev–Trinajstić information content (AvgIpc) is 2.47. The molecule has 3 N–H and O–H groups in total. The summed E-state index contributed by atoms with van der Waals surface area (Å²) in [5.74, 6) is 0.972. The van der Waals surface area contributed by atoms with Crippen LogP contribution in [-0.4, -0.2) is 40.0 Å². The quantitative estimate of drug-likeness (QED) is 0.687. The van der Waals surface area contributed by atoms with Crippen LogP contribution in [0.1, 0.15) is 17.2 Å². The van der Waals surface area contributed by atoms with Gasteiger partial charge in [-0.05, 0) is 18.2 Å². The first-order chi connectivity index (χ1) is 8.88. The molecule has 1 fully saturated rings. The molecule has 0 radical (unpaired) electrons. The molecule has 1 aromatic carbocycles. The lowest BCUT2D eigenvalue weighted by atomic mass is 9.95. The van der Waals surface area contributed by atoms with Gasteiger partial charge >= 0.3 is 0 Å². The molecule has 0 aromatic heterocycles. The second kappa shape index (κ2) is 5.26. The minimum Gasteiger partial charge on any atom is -0.497 e. The van der Waals surface area contributed by atoms with Crippen LogP contribution in [0.2, 0.25) is 0 Å². The molecule has 0 bridgehead atoms.